The molecule has 1 unspecified atom stereocenters. The van der Waals surface area contributed by atoms with Crippen LogP contribution in [0.5, 0.6) is 0 Å². The number of hydrogen-bond donors (Lipinski definition) is 1. The Hall–Kier alpha value is -1.07. The van der Waals surface area contributed by atoms with Crippen molar-refractivity contribution < 1.29 is 8.42 Å². The molecule has 1 saturated heterocycles. The highest BCUT2D eigenvalue weighted by Crippen LogP contribution is 2.36. The van der Waals surface area contributed by atoms with Crippen LogP contribution in [0, 0.1) is 11.3 Å². The second-order valence-electron chi connectivity index (χ2n) is 6.46. The highest BCUT2D eigenvalue weighted by Gasteiger charge is 2.38. The van der Waals surface area contributed by atoms with E-state index in [1.54, 1.807) is 29.6 Å². The van der Waals surface area contributed by atoms with Crippen molar-refractivity contribution in [2.24, 2.45) is 11.3 Å². The number of sulfonamides is 1. The Labute approximate surface area is 122 Å². The highest BCUT2D eigenvalue weighted by molar-refractivity contribution is 7.89. The van der Waals surface area contributed by atoms with Crippen LogP contribution < -0.4 is 5.32 Å². The van der Waals surface area contributed by atoms with Gasteiger partial charge in [0.1, 0.15) is 4.90 Å². The zero-order valence-corrected chi connectivity index (χ0v) is 13.5. The van der Waals surface area contributed by atoms with Crippen molar-refractivity contribution in [1.29, 1.82) is 0 Å². The summed E-state index contributed by atoms with van der Waals surface area (Å²) in [6.07, 6.45) is 0.935. The summed E-state index contributed by atoms with van der Waals surface area (Å²) in [5.41, 5.74) is 0.805. The Bertz CT molecular complexity index is 576. The molecule has 4 nitrogen and oxygen atoms in total. The SMILES string of the molecule is CNc1ccccc1S(=O)(=O)N1CCC(C(C)(C)C)C1. The van der Waals surface area contributed by atoms with E-state index in [4.69, 9.17) is 0 Å². The van der Waals surface area contributed by atoms with Crippen LogP contribution in [0.15, 0.2) is 29.2 Å². The molecule has 5 heteroatoms. The number of para-hydroxylation sites is 1. The lowest BCUT2D eigenvalue weighted by Crippen LogP contribution is -2.31. The number of nitrogens with zero attached hydrogens (tertiary/aromatic N) is 1. The molecule has 0 aromatic heterocycles. The summed E-state index contributed by atoms with van der Waals surface area (Å²) in [4.78, 5) is 0.372. The van der Waals surface area contributed by atoms with Gasteiger partial charge in [-0.15, -0.1) is 0 Å². The fourth-order valence-electron chi connectivity index (χ4n) is 2.69. The number of anilines is 1. The molecular formula is C15H24N2O2S. The van der Waals surface area contributed by atoms with Crippen LogP contribution in [-0.4, -0.2) is 32.9 Å². The number of hydrogen-bond acceptors (Lipinski definition) is 3. The lowest BCUT2D eigenvalue weighted by molar-refractivity contribution is 0.252. The molecule has 1 aliphatic rings. The van der Waals surface area contributed by atoms with E-state index in [1.807, 2.05) is 6.07 Å². The largest absolute Gasteiger partial charge is 0.387 e. The first-order valence-electron chi connectivity index (χ1n) is 7.04. The van der Waals surface area contributed by atoms with Gasteiger partial charge in [0.05, 0.1) is 5.69 Å². The molecule has 1 heterocycles. The monoisotopic (exact) mass is 296 g/mol. The van der Waals surface area contributed by atoms with Gasteiger partial charge in [0.2, 0.25) is 10.0 Å². The average molecular weight is 296 g/mol. The molecule has 1 aromatic carbocycles. The second-order valence-corrected chi connectivity index (χ2v) is 8.37. The Kier molecular flexibility index (Phi) is 4.12. The van der Waals surface area contributed by atoms with Crippen molar-refractivity contribution in [3.8, 4) is 0 Å². The molecule has 1 aromatic rings. The molecule has 20 heavy (non-hydrogen) atoms. The van der Waals surface area contributed by atoms with Crippen LogP contribution in [0.4, 0.5) is 5.69 Å². The van der Waals surface area contributed by atoms with Crippen molar-refractivity contribution in [1.82, 2.24) is 4.31 Å². The molecule has 2 rings (SSSR count). The minimum Gasteiger partial charge on any atom is -0.387 e. The maximum atomic E-state index is 12.8. The smallest absolute Gasteiger partial charge is 0.245 e. The van der Waals surface area contributed by atoms with Gasteiger partial charge in [0, 0.05) is 20.1 Å². The van der Waals surface area contributed by atoms with Gasteiger partial charge in [-0.3, -0.25) is 0 Å². The molecule has 112 valence electrons. The fraction of sp³-hybridized carbons (Fsp3) is 0.600. The van der Waals surface area contributed by atoms with Gasteiger partial charge < -0.3 is 5.32 Å². The Morgan fingerprint density at radius 1 is 1.25 bits per heavy atom. The van der Waals surface area contributed by atoms with E-state index in [0.29, 0.717) is 29.6 Å². The molecule has 0 radical (unpaired) electrons. The van der Waals surface area contributed by atoms with Crippen molar-refractivity contribution >= 4 is 15.7 Å². The third-order valence-electron chi connectivity index (χ3n) is 4.15. The predicted octanol–water partition coefficient (Wildman–Crippen LogP) is 2.79. The summed E-state index contributed by atoms with van der Waals surface area (Å²) < 4.78 is 27.2. The maximum absolute atomic E-state index is 12.8. The van der Waals surface area contributed by atoms with Crippen LogP contribution in [0.25, 0.3) is 0 Å². The standard InChI is InChI=1S/C15H24N2O2S/c1-15(2,3)12-9-10-17(11-12)20(18,19)14-8-6-5-7-13(14)16-4/h5-8,12,16H,9-11H2,1-4H3. The van der Waals surface area contributed by atoms with E-state index in [1.165, 1.54) is 0 Å². The van der Waals surface area contributed by atoms with Gasteiger partial charge in [-0.1, -0.05) is 32.9 Å². The summed E-state index contributed by atoms with van der Waals surface area (Å²) in [6.45, 7) is 7.76. The molecular weight excluding hydrogens is 272 g/mol. The average Bonchev–Trinajstić information content (AvgIpc) is 2.88. The molecule has 1 atom stereocenters. The highest BCUT2D eigenvalue weighted by atomic mass is 32.2. The van der Waals surface area contributed by atoms with Crippen LogP contribution >= 0.6 is 0 Å². The van der Waals surface area contributed by atoms with Crippen LogP contribution in [0.1, 0.15) is 27.2 Å². The van der Waals surface area contributed by atoms with E-state index in [9.17, 15) is 8.42 Å². The lowest BCUT2D eigenvalue weighted by atomic mass is 9.80. The van der Waals surface area contributed by atoms with E-state index in [-0.39, 0.29) is 5.41 Å². The number of nitrogens with one attached hydrogen (secondary N) is 1. The van der Waals surface area contributed by atoms with Gasteiger partial charge in [-0.25, -0.2) is 8.42 Å². The fourth-order valence-corrected chi connectivity index (χ4v) is 4.39. The van der Waals surface area contributed by atoms with Gasteiger partial charge in [-0.05, 0) is 29.9 Å². The van der Waals surface area contributed by atoms with Crippen molar-refractivity contribution in [3.63, 3.8) is 0 Å². The molecule has 0 saturated carbocycles. The van der Waals surface area contributed by atoms with Crippen molar-refractivity contribution in [2.45, 2.75) is 32.1 Å². The zero-order chi connectivity index (χ0) is 15.0. The normalized spacial score (nSPS) is 21.1. The molecule has 0 amide bonds. The third kappa shape index (κ3) is 2.83. The van der Waals surface area contributed by atoms with Gasteiger partial charge >= 0.3 is 0 Å². The molecule has 1 fully saturated rings. The molecule has 0 aliphatic carbocycles. The third-order valence-corrected chi connectivity index (χ3v) is 6.07. The summed E-state index contributed by atoms with van der Waals surface area (Å²) >= 11 is 0. The Balaban J connectivity index is 2.29. The quantitative estimate of drug-likeness (QED) is 0.933. The first-order chi connectivity index (χ1) is 9.26. The van der Waals surface area contributed by atoms with E-state index in [0.717, 1.165) is 6.42 Å². The minimum atomic E-state index is -3.40. The Morgan fingerprint density at radius 2 is 1.90 bits per heavy atom. The van der Waals surface area contributed by atoms with Crippen LogP contribution in [0.3, 0.4) is 0 Å². The van der Waals surface area contributed by atoms with E-state index >= 15 is 0 Å². The second kappa shape index (κ2) is 5.37. The summed E-state index contributed by atoms with van der Waals surface area (Å²) in [5.74, 6) is 0.416. The summed E-state index contributed by atoms with van der Waals surface area (Å²) in [6, 6.07) is 7.08. The predicted molar refractivity (Wildman–Crippen MR) is 82.3 cm³/mol. The van der Waals surface area contributed by atoms with E-state index in [2.05, 4.69) is 26.1 Å². The van der Waals surface area contributed by atoms with Gasteiger partial charge in [-0.2, -0.15) is 4.31 Å². The lowest BCUT2D eigenvalue weighted by Gasteiger charge is -2.27. The van der Waals surface area contributed by atoms with Crippen LogP contribution in [-0.2, 0) is 10.0 Å². The Morgan fingerprint density at radius 3 is 2.45 bits per heavy atom. The van der Waals surface area contributed by atoms with Crippen molar-refractivity contribution in [2.75, 3.05) is 25.5 Å². The number of rotatable bonds is 3. The van der Waals surface area contributed by atoms with E-state index < -0.39 is 10.0 Å². The first-order valence-corrected chi connectivity index (χ1v) is 8.48. The summed E-state index contributed by atoms with van der Waals surface area (Å²) in [7, 11) is -1.66. The van der Waals surface area contributed by atoms with Crippen LogP contribution in [0.2, 0.25) is 0 Å². The summed E-state index contributed by atoms with van der Waals surface area (Å²) in [5, 5.41) is 2.96. The minimum absolute atomic E-state index is 0.146. The topological polar surface area (TPSA) is 49.4 Å². The molecule has 1 aliphatic heterocycles. The molecule has 1 N–H and O–H groups in total. The first kappa shape index (κ1) is 15.3. The van der Waals surface area contributed by atoms with Crippen molar-refractivity contribution in [3.05, 3.63) is 24.3 Å². The van der Waals surface area contributed by atoms with Gasteiger partial charge in [0.15, 0.2) is 0 Å². The number of benzene rings is 1. The zero-order valence-electron chi connectivity index (χ0n) is 12.7. The maximum Gasteiger partial charge on any atom is 0.245 e. The molecule has 0 spiro atoms. The molecule has 0 bridgehead atoms. The van der Waals surface area contributed by atoms with Gasteiger partial charge in [0.25, 0.3) is 0 Å².